The fourth-order valence-electron chi connectivity index (χ4n) is 2.92. The lowest BCUT2D eigenvalue weighted by molar-refractivity contribution is 0.0620. The Hall–Kier alpha value is -1.42. The van der Waals surface area contributed by atoms with Crippen LogP contribution in [0, 0.1) is 12.8 Å². The quantitative estimate of drug-likeness (QED) is 0.905. The van der Waals surface area contributed by atoms with E-state index in [9.17, 15) is 4.79 Å². The molecule has 0 spiro atoms. The van der Waals surface area contributed by atoms with E-state index in [0.29, 0.717) is 18.0 Å². The van der Waals surface area contributed by atoms with E-state index in [2.05, 4.69) is 4.98 Å². The van der Waals surface area contributed by atoms with Crippen LogP contribution in [0.3, 0.4) is 0 Å². The predicted molar refractivity (Wildman–Crippen MR) is 75.9 cm³/mol. The van der Waals surface area contributed by atoms with E-state index in [1.54, 1.807) is 6.20 Å². The van der Waals surface area contributed by atoms with Crippen LogP contribution in [-0.4, -0.2) is 35.4 Å². The van der Waals surface area contributed by atoms with Crippen LogP contribution in [0.15, 0.2) is 18.3 Å². The maximum Gasteiger partial charge on any atom is 0.255 e. The SMILES string of the molecule is Cc1ccc(C(=O)N(C)C2CCCCC2CN)cn1. The number of amides is 1. The van der Waals surface area contributed by atoms with Gasteiger partial charge in [0.2, 0.25) is 0 Å². The summed E-state index contributed by atoms with van der Waals surface area (Å²) < 4.78 is 0. The fourth-order valence-corrected chi connectivity index (χ4v) is 2.92. The van der Waals surface area contributed by atoms with E-state index < -0.39 is 0 Å². The second-order valence-corrected chi connectivity index (χ2v) is 5.45. The molecule has 1 heterocycles. The maximum atomic E-state index is 12.5. The Morgan fingerprint density at radius 1 is 1.42 bits per heavy atom. The molecule has 2 rings (SSSR count). The van der Waals surface area contributed by atoms with Crippen LogP contribution in [0.1, 0.15) is 41.7 Å². The van der Waals surface area contributed by atoms with E-state index in [0.717, 1.165) is 18.5 Å². The van der Waals surface area contributed by atoms with Crippen molar-refractivity contribution in [3.05, 3.63) is 29.6 Å². The molecular weight excluding hydrogens is 238 g/mol. The number of pyridine rings is 1. The van der Waals surface area contributed by atoms with E-state index >= 15 is 0 Å². The van der Waals surface area contributed by atoms with Crippen LogP contribution in [0.4, 0.5) is 0 Å². The first kappa shape index (κ1) is 14.0. The highest BCUT2D eigenvalue weighted by Gasteiger charge is 2.30. The molecule has 2 unspecified atom stereocenters. The van der Waals surface area contributed by atoms with Gasteiger partial charge in [-0.1, -0.05) is 12.8 Å². The molecule has 2 N–H and O–H groups in total. The molecule has 0 saturated heterocycles. The summed E-state index contributed by atoms with van der Waals surface area (Å²) in [5.74, 6) is 0.485. The van der Waals surface area contributed by atoms with Gasteiger partial charge in [-0.05, 0) is 44.4 Å². The number of rotatable bonds is 3. The van der Waals surface area contributed by atoms with Crippen LogP contribution < -0.4 is 5.73 Å². The predicted octanol–water partition coefficient (Wildman–Crippen LogP) is 1.98. The maximum absolute atomic E-state index is 12.5. The van der Waals surface area contributed by atoms with Crippen molar-refractivity contribution in [2.75, 3.05) is 13.6 Å². The summed E-state index contributed by atoms with van der Waals surface area (Å²) >= 11 is 0. The Morgan fingerprint density at radius 2 is 2.16 bits per heavy atom. The lowest BCUT2D eigenvalue weighted by Crippen LogP contribution is -2.45. The number of aromatic nitrogens is 1. The second kappa shape index (κ2) is 6.15. The van der Waals surface area contributed by atoms with E-state index in [-0.39, 0.29) is 11.9 Å². The van der Waals surface area contributed by atoms with Crippen molar-refractivity contribution in [1.29, 1.82) is 0 Å². The third kappa shape index (κ3) is 3.13. The first-order valence-electron chi connectivity index (χ1n) is 7.03. The van der Waals surface area contributed by atoms with Crippen LogP contribution >= 0.6 is 0 Å². The fraction of sp³-hybridized carbons (Fsp3) is 0.600. The molecule has 1 aromatic heterocycles. The monoisotopic (exact) mass is 261 g/mol. The van der Waals surface area contributed by atoms with Gasteiger partial charge in [-0.15, -0.1) is 0 Å². The third-order valence-corrected chi connectivity index (χ3v) is 4.15. The molecule has 1 aromatic rings. The number of nitrogens with two attached hydrogens (primary N) is 1. The van der Waals surface area contributed by atoms with E-state index in [1.807, 2.05) is 31.0 Å². The van der Waals surface area contributed by atoms with E-state index in [1.165, 1.54) is 12.8 Å². The van der Waals surface area contributed by atoms with Gasteiger partial charge in [0, 0.05) is 25.0 Å². The van der Waals surface area contributed by atoms with Crippen molar-refractivity contribution >= 4 is 5.91 Å². The highest BCUT2D eigenvalue weighted by atomic mass is 16.2. The minimum absolute atomic E-state index is 0.0536. The van der Waals surface area contributed by atoms with Crippen molar-refractivity contribution in [2.24, 2.45) is 11.7 Å². The molecule has 104 valence electrons. The standard InChI is InChI=1S/C15H23N3O/c1-11-7-8-13(10-17-11)15(19)18(2)14-6-4-3-5-12(14)9-16/h7-8,10,12,14H,3-6,9,16H2,1-2H3. The van der Waals surface area contributed by atoms with Gasteiger partial charge in [-0.3, -0.25) is 9.78 Å². The van der Waals surface area contributed by atoms with E-state index in [4.69, 9.17) is 5.73 Å². The first-order chi connectivity index (χ1) is 9.13. The molecule has 1 aliphatic rings. The van der Waals surface area contributed by atoms with Gasteiger partial charge in [0.15, 0.2) is 0 Å². The Kier molecular flexibility index (Phi) is 4.53. The molecule has 2 atom stereocenters. The van der Waals surface area contributed by atoms with Crippen LogP contribution in [-0.2, 0) is 0 Å². The Labute approximate surface area is 115 Å². The largest absolute Gasteiger partial charge is 0.338 e. The van der Waals surface area contributed by atoms with Gasteiger partial charge < -0.3 is 10.6 Å². The van der Waals surface area contributed by atoms with Crippen molar-refractivity contribution in [1.82, 2.24) is 9.88 Å². The molecule has 4 nitrogen and oxygen atoms in total. The average molecular weight is 261 g/mol. The molecule has 0 radical (unpaired) electrons. The van der Waals surface area contributed by atoms with Crippen molar-refractivity contribution in [3.8, 4) is 0 Å². The molecule has 0 aliphatic heterocycles. The number of aryl methyl sites for hydroxylation is 1. The Bertz CT molecular complexity index is 430. The molecule has 1 saturated carbocycles. The van der Waals surface area contributed by atoms with Gasteiger partial charge in [0.25, 0.3) is 5.91 Å². The summed E-state index contributed by atoms with van der Waals surface area (Å²) in [6, 6.07) is 4.00. The zero-order valence-electron chi connectivity index (χ0n) is 11.8. The van der Waals surface area contributed by atoms with Crippen LogP contribution in [0.5, 0.6) is 0 Å². The third-order valence-electron chi connectivity index (χ3n) is 4.15. The van der Waals surface area contributed by atoms with Crippen molar-refractivity contribution in [3.63, 3.8) is 0 Å². The number of carbonyl (C=O) groups is 1. The minimum Gasteiger partial charge on any atom is -0.338 e. The lowest BCUT2D eigenvalue weighted by atomic mass is 9.83. The zero-order valence-corrected chi connectivity index (χ0v) is 11.8. The summed E-state index contributed by atoms with van der Waals surface area (Å²) in [5.41, 5.74) is 7.43. The Balaban J connectivity index is 2.11. The summed E-state index contributed by atoms with van der Waals surface area (Å²) in [6.45, 7) is 2.58. The van der Waals surface area contributed by atoms with Crippen LogP contribution in [0.25, 0.3) is 0 Å². The molecule has 0 aromatic carbocycles. The average Bonchev–Trinajstić information content (AvgIpc) is 2.46. The number of hydrogen-bond donors (Lipinski definition) is 1. The summed E-state index contributed by atoms with van der Waals surface area (Å²) in [7, 11) is 1.89. The summed E-state index contributed by atoms with van der Waals surface area (Å²) in [6.07, 6.45) is 6.26. The topological polar surface area (TPSA) is 59.2 Å². The van der Waals surface area contributed by atoms with Crippen molar-refractivity contribution < 1.29 is 4.79 Å². The minimum atomic E-state index is 0.0536. The van der Waals surface area contributed by atoms with Gasteiger partial charge in [-0.25, -0.2) is 0 Å². The van der Waals surface area contributed by atoms with Gasteiger partial charge in [-0.2, -0.15) is 0 Å². The highest BCUT2D eigenvalue weighted by Crippen LogP contribution is 2.27. The van der Waals surface area contributed by atoms with Crippen LogP contribution in [0.2, 0.25) is 0 Å². The molecular formula is C15H23N3O. The summed E-state index contributed by atoms with van der Waals surface area (Å²) in [5, 5.41) is 0. The number of nitrogens with zero attached hydrogens (tertiary/aromatic N) is 2. The lowest BCUT2D eigenvalue weighted by Gasteiger charge is -2.37. The molecule has 4 heteroatoms. The zero-order chi connectivity index (χ0) is 13.8. The molecule has 1 fully saturated rings. The molecule has 0 bridgehead atoms. The first-order valence-corrected chi connectivity index (χ1v) is 7.03. The number of hydrogen-bond acceptors (Lipinski definition) is 3. The normalized spacial score (nSPS) is 23.1. The molecule has 1 aliphatic carbocycles. The van der Waals surface area contributed by atoms with Gasteiger partial charge in [0.05, 0.1) is 5.56 Å². The molecule has 1 amide bonds. The Morgan fingerprint density at radius 3 is 2.79 bits per heavy atom. The van der Waals surface area contributed by atoms with Gasteiger partial charge in [0.1, 0.15) is 0 Å². The van der Waals surface area contributed by atoms with Gasteiger partial charge >= 0.3 is 0 Å². The summed E-state index contributed by atoms with van der Waals surface area (Å²) in [4.78, 5) is 18.5. The smallest absolute Gasteiger partial charge is 0.255 e. The molecule has 19 heavy (non-hydrogen) atoms. The number of carbonyl (C=O) groups excluding carboxylic acids is 1. The highest BCUT2D eigenvalue weighted by molar-refractivity contribution is 5.94. The van der Waals surface area contributed by atoms with Crippen molar-refractivity contribution in [2.45, 2.75) is 38.6 Å². The second-order valence-electron chi connectivity index (χ2n) is 5.45.